The van der Waals surface area contributed by atoms with Crippen LogP contribution in [0, 0.1) is 11.8 Å². The Bertz CT molecular complexity index is 335. The fraction of sp³-hybridized carbons (Fsp3) is 0.500. The van der Waals surface area contributed by atoms with Gasteiger partial charge >= 0.3 is 5.97 Å². The Balaban J connectivity index is 2.26. The number of carboxylic acids is 1. The van der Waals surface area contributed by atoms with Crippen molar-refractivity contribution in [2.75, 3.05) is 13.1 Å². The van der Waals surface area contributed by atoms with Crippen molar-refractivity contribution in [3.8, 4) is 0 Å². The van der Waals surface area contributed by atoms with Gasteiger partial charge in [0, 0.05) is 6.54 Å². The molecule has 0 heterocycles. The monoisotopic (exact) mass is 235 g/mol. The van der Waals surface area contributed by atoms with E-state index < -0.39 is 5.97 Å². The summed E-state index contributed by atoms with van der Waals surface area (Å²) in [6.07, 6.45) is 0.936. The van der Waals surface area contributed by atoms with Gasteiger partial charge in [-0.05, 0) is 24.4 Å². The van der Waals surface area contributed by atoms with Gasteiger partial charge in [-0.15, -0.1) is 0 Å². The first-order valence-electron chi connectivity index (χ1n) is 6.08. The van der Waals surface area contributed by atoms with Gasteiger partial charge in [0.2, 0.25) is 0 Å². The van der Waals surface area contributed by atoms with E-state index in [-0.39, 0.29) is 11.8 Å². The average molecular weight is 235 g/mol. The number of carboxylic acid groups (broad SMARTS) is 1. The lowest BCUT2D eigenvalue weighted by atomic mass is 9.96. The molecule has 0 amide bonds. The quantitative estimate of drug-likeness (QED) is 0.712. The van der Waals surface area contributed by atoms with Gasteiger partial charge in [-0.3, -0.25) is 4.79 Å². The van der Waals surface area contributed by atoms with Crippen LogP contribution in [0.5, 0.6) is 0 Å². The molecule has 1 atom stereocenters. The lowest BCUT2D eigenvalue weighted by molar-refractivity contribution is -0.143. The van der Waals surface area contributed by atoms with Crippen molar-refractivity contribution in [3.63, 3.8) is 0 Å². The van der Waals surface area contributed by atoms with Gasteiger partial charge in [-0.25, -0.2) is 0 Å². The van der Waals surface area contributed by atoms with Crippen LogP contribution in [0.1, 0.15) is 19.4 Å². The normalized spacial score (nSPS) is 12.6. The van der Waals surface area contributed by atoms with Crippen LogP contribution in [0.2, 0.25) is 0 Å². The van der Waals surface area contributed by atoms with Crippen LogP contribution in [0.4, 0.5) is 0 Å². The molecule has 1 rings (SSSR count). The van der Waals surface area contributed by atoms with Gasteiger partial charge in [0.05, 0.1) is 5.92 Å². The standard InChI is InChI=1S/C14H21NO2/c1-11(2)13(14(16)17)10-15-9-8-12-6-4-3-5-7-12/h3-7,11,13,15H,8-10H2,1-2H3,(H,16,17). The van der Waals surface area contributed by atoms with Gasteiger partial charge in [0.15, 0.2) is 0 Å². The van der Waals surface area contributed by atoms with E-state index in [1.54, 1.807) is 0 Å². The van der Waals surface area contributed by atoms with E-state index in [1.807, 2.05) is 32.0 Å². The summed E-state index contributed by atoms with van der Waals surface area (Å²) < 4.78 is 0. The molecule has 3 heteroatoms. The summed E-state index contributed by atoms with van der Waals surface area (Å²) in [5, 5.41) is 12.2. The highest BCUT2D eigenvalue weighted by Gasteiger charge is 2.20. The molecule has 94 valence electrons. The van der Waals surface area contributed by atoms with Gasteiger partial charge in [0.25, 0.3) is 0 Å². The summed E-state index contributed by atoms with van der Waals surface area (Å²) in [6.45, 7) is 5.25. The van der Waals surface area contributed by atoms with Crippen molar-refractivity contribution in [1.82, 2.24) is 5.32 Å². The van der Waals surface area contributed by atoms with Crippen LogP contribution in [-0.4, -0.2) is 24.2 Å². The zero-order chi connectivity index (χ0) is 12.7. The number of hydrogen-bond donors (Lipinski definition) is 2. The highest BCUT2D eigenvalue weighted by Crippen LogP contribution is 2.09. The first kappa shape index (κ1) is 13.7. The molecule has 3 nitrogen and oxygen atoms in total. The minimum Gasteiger partial charge on any atom is -0.481 e. The fourth-order valence-corrected chi connectivity index (χ4v) is 1.74. The summed E-state index contributed by atoms with van der Waals surface area (Å²) in [6, 6.07) is 10.2. The molecule has 17 heavy (non-hydrogen) atoms. The molecule has 0 aromatic heterocycles. The predicted molar refractivity (Wildman–Crippen MR) is 69.0 cm³/mol. The molecule has 0 aliphatic rings. The predicted octanol–water partition coefficient (Wildman–Crippen LogP) is 2.18. The van der Waals surface area contributed by atoms with Crippen molar-refractivity contribution in [1.29, 1.82) is 0 Å². The van der Waals surface area contributed by atoms with E-state index >= 15 is 0 Å². The number of aliphatic carboxylic acids is 1. The van der Waals surface area contributed by atoms with Crippen LogP contribution in [0.15, 0.2) is 30.3 Å². The number of hydrogen-bond acceptors (Lipinski definition) is 2. The molecule has 0 spiro atoms. The maximum atomic E-state index is 11.0. The number of nitrogens with one attached hydrogen (secondary N) is 1. The van der Waals surface area contributed by atoms with Crippen LogP contribution in [0.3, 0.4) is 0 Å². The molecule has 0 radical (unpaired) electrons. The molecular formula is C14H21NO2. The Kier molecular flexibility index (Phi) is 5.70. The van der Waals surface area contributed by atoms with Gasteiger partial charge in [-0.1, -0.05) is 44.2 Å². The molecule has 1 unspecified atom stereocenters. The molecule has 0 saturated carbocycles. The lowest BCUT2D eigenvalue weighted by Crippen LogP contribution is -2.33. The number of carbonyl (C=O) groups is 1. The summed E-state index contributed by atoms with van der Waals surface area (Å²) in [5.41, 5.74) is 1.27. The Morgan fingerprint density at radius 2 is 1.94 bits per heavy atom. The maximum Gasteiger partial charge on any atom is 0.308 e. The highest BCUT2D eigenvalue weighted by atomic mass is 16.4. The Hall–Kier alpha value is -1.35. The van der Waals surface area contributed by atoms with Crippen LogP contribution in [0.25, 0.3) is 0 Å². The first-order chi connectivity index (χ1) is 8.11. The Labute approximate surface area is 103 Å². The summed E-state index contributed by atoms with van der Waals surface area (Å²) >= 11 is 0. The van der Waals surface area contributed by atoms with Crippen LogP contribution >= 0.6 is 0 Å². The first-order valence-corrected chi connectivity index (χ1v) is 6.08. The van der Waals surface area contributed by atoms with Gasteiger partial charge in [-0.2, -0.15) is 0 Å². The summed E-state index contributed by atoms with van der Waals surface area (Å²) in [4.78, 5) is 11.0. The van der Waals surface area contributed by atoms with E-state index in [1.165, 1.54) is 5.56 Å². The molecule has 0 fully saturated rings. The largest absolute Gasteiger partial charge is 0.481 e. The van der Waals surface area contributed by atoms with E-state index in [0.29, 0.717) is 6.54 Å². The smallest absolute Gasteiger partial charge is 0.308 e. The van der Waals surface area contributed by atoms with Crippen molar-refractivity contribution < 1.29 is 9.90 Å². The topological polar surface area (TPSA) is 49.3 Å². The average Bonchev–Trinajstić information content (AvgIpc) is 2.29. The third-order valence-electron chi connectivity index (χ3n) is 2.92. The van der Waals surface area contributed by atoms with Gasteiger partial charge < -0.3 is 10.4 Å². The fourth-order valence-electron chi connectivity index (χ4n) is 1.74. The third-order valence-corrected chi connectivity index (χ3v) is 2.92. The second-order valence-electron chi connectivity index (χ2n) is 4.63. The second kappa shape index (κ2) is 7.07. The van der Waals surface area contributed by atoms with Crippen molar-refractivity contribution in [3.05, 3.63) is 35.9 Å². The minimum atomic E-state index is -0.716. The zero-order valence-corrected chi connectivity index (χ0v) is 10.5. The van der Waals surface area contributed by atoms with E-state index in [0.717, 1.165) is 13.0 Å². The van der Waals surface area contributed by atoms with Crippen molar-refractivity contribution in [2.24, 2.45) is 11.8 Å². The van der Waals surface area contributed by atoms with E-state index in [9.17, 15) is 4.79 Å². The second-order valence-corrected chi connectivity index (χ2v) is 4.63. The van der Waals surface area contributed by atoms with Crippen LogP contribution < -0.4 is 5.32 Å². The highest BCUT2D eigenvalue weighted by molar-refractivity contribution is 5.70. The molecule has 1 aromatic rings. The third kappa shape index (κ3) is 5.00. The lowest BCUT2D eigenvalue weighted by Gasteiger charge is -2.16. The van der Waals surface area contributed by atoms with E-state index in [4.69, 9.17) is 5.11 Å². The molecule has 0 aliphatic carbocycles. The number of benzene rings is 1. The number of rotatable bonds is 7. The SMILES string of the molecule is CC(C)C(CNCCc1ccccc1)C(=O)O. The molecular weight excluding hydrogens is 214 g/mol. The van der Waals surface area contributed by atoms with Crippen molar-refractivity contribution in [2.45, 2.75) is 20.3 Å². The molecule has 2 N–H and O–H groups in total. The minimum absolute atomic E-state index is 0.164. The Morgan fingerprint density at radius 1 is 1.29 bits per heavy atom. The maximum absolute atomic E-state index is 11.0. The van der Waals surface area contributed by atoms with Crippen molar-refractivity contribution >= 4 is 5.97 Å². The molecule has 0 aliphatic heterocycles. The molecule has 1 aromatic carbocycles. The van der Waals surface area contributed by atoms with E-state index in [2.05, 4.69) is 17.4 Å². The summed E-state index contributed by atoms with van der Waals surface area (Å²) in [5.74, 6) is -0.852. The van der Waals surface area contributed by atoms with Gasteiger partial charge in [0.1, 0.15) is 0 Å². The molecule has 0 saturated heterocycles. The molecule has 0 bridgehead atoms. The Morgan fingerprint density at radius 3 is 2.47 bits per heavy atom. The zero-order valence-electron chi connectivity index (χ0n) is 10.5. The van der Waals surface area contributed by atoms with Crippen LogP contribution in [-0.2, 0) is 11.2 Å². The summed E-state index contributed by atoms with van der Waals surface area (Å²) in [7, 11) is 0.